The lowest BCUT2D eigenvalue weighted by Crippen LogP contribution is -2.45. The number of nitrogens with zero attached hydrogens (tertiary/aromatic N) is 4. The van der Waals surface area contributed by atoms with Crippen LogP contribution in [0.15, 0.2) is 42.5 Å². The minimum Gasteiger partial charge on any atom is -0.497 e. The van der Waals surface area contributed by atoms with E-state index in [0.717, 1.165) is 19.3 Å². The molecule has 190 valence electrons. The summed E-state index contributed by atoms with van der Waals surface area (Å²) in [5, 5.41) is 4.46. The Hall–Kier alpha value is -4.21. The van der Waals surface area contributed by atoms with Gasteiger partial charge < -0.3 is 20.3 Å². The third kappa shape index (κ3) is 3.75. The molecule has 10 heteroatoms. The number of nitrogens with two attached hydrogens (primary N) is 1. The molecule has 6 rings (SSSR count). The van der Waals surface area contributed by atoms with Crippen molar-refractivity contribution in [2.75, 3.05) is 36.5 Å². The number of amides is 2. The molecule has 0 radical (unpaired) electrons. The first-order valence-electron chi connectivity index (χ1n) is 12.3. The SMILES string of the molecule is COc1ccc(-n2nc(C(N)=O)c3c2C(=O)N(c2ccc(N4CCCC(=O)C4)cc2F)CC32CC2)cc1. The summed E-state index contributed by atoms with van der Waals surface area (Å²) < 4.78 is 22.2. The number of carbonyl (C=O) groups excluding carboxylic acids is 3. The van der Waals surface area contributed by atoms with Gasteiger partial charge in [0, 0.05) is 36.2 Å². The van der Waals surface area contributed by atoms with Crippen LogP contribution in [0, 0.1) is 5.82 Å². The first-order valence-corrected chi connectivity index (χ1v) is 12.3. The monoisotopic (exact) mass is 503 g/mol. The summed E-state index contributed by atoms with van der Waals surface area (Å²) >= 11 is 0. The molecule has 1 saturated carbocycles. The van der Waals surface area contributed by atoms with Crippen LogP contribution in [0.5, 0.6) is 5.75 Å². The number of primary amides is 1. The third-order valence-corrected chi connectivity index (χ3v) is 7.57. The van der Waals surface area contributed by atoms with Crippen LogP contribution in [0.2, 0.25) is 0 Å². The van der Waals surface area contributed by atoms with Crippen molar-refractivity contribution in [3.05, 3.63) is 65.2 Å². The number of piperidine rings is 1. The number of fused-ring (bicyclic) bond motifs is 2. The van der Waals surface area contributed by atoms with Crippen LogP contribution >= 0.6 is 0 Å². The van der Waals surface area contributed by atoms with Crippen LogP contribution in [0.25, 0.3) is 5.69 Å². The maximum absolute atomic E-state index is 15.5. The number of aromatic nitrogens is 2. The van der Waals surface area contributed by atoms with Crippen LogP contribution in [0.4, 0.5) is 15.8 Å². The second-order valence-electron chi connectivity index (χ2n) is 9.92. The van der Waals surface area contributed by atoms with Gasteiger partial charge in [-0.05, 0) is 61.7 Å². The Morgan fingerprint density at radius 1 is 1.11 bits per heavy atom. The summed E-state index contributed by atoms with van der Waals surface area (Å²) in [4.78, 5) is 41.5. The number of hydrogen-bond donors (Lipinski definition) is 1. The van der Waals surface area contributed by atoms with Gasteiger partial charge in [-0.3, -0.25) is 14.4 Å². The van der Waals surface area contributed by atoms with Crippen molar-refractivity contribution in [3.8, 4) is 11.4 Å². The van der Waals surface area contributed by atoms with E-state index in [-0.39, 0.29) is 35.9 Å². The van der Waals surface area contributed by atoms with Crippen LogP contribution < -0.4 is 20.3 Å². The van der Waals surface area contributed by atoms with E-state index in [2.05, 4.69) is 5.10 Å². The molecule has 37 heavy (non-hydrogen) atoms. The van der Waals surface area contributed by atoms with Crippen molar-refractivity contribution in [2.45, 2.75) is 31.1 Å². The Balaban J connectivity index is 1.43. The Morgan fingerprint density at radius 2 is 1.84 bits per heavy atom. The van der Waals surface area contributed by atoms with Gasteiger partial charge in [-0.15, -0.1) is 0 Å². The number of Topliss-reactive ketones (excluding diaryl/α,β-unsaturated/α-hetero) is 1. The van der Waals surface area contributed by atoms with Crippen LogP contribution in [0.1, 0.15) is 52.2 Å². The van der Waals surface area contributed by atoms with E-state index in [0.29, 0.717) is 35.7 Å². The molecule has 0 bridgehead atoms. The summed E-state index contributed by atoms with van der Waals surface area (Å²) in [6.07, 6.45) is 2.73. The molecule has 0 unspecified atom stereocenters. The average molecular weight is 504 g/mol. The van der Waals surface area contributed by atoms with Crippen molar-refractivity contribution in [1.82, 2.24) is 9.78 Å². The fourth-order valence-corrected chi connectivity index (χ4v) is 5.51. The summed E-state index contributed by atoms with van der Waals surface area (Å²) in [5.74, 6) is -0.953. The fourth-order valence-electron chi connectivity index (χ4n) is 5.51. The predicted octanol–water partition coefficient (Wildman–Crippen LogP) is 2.98. The van der Waals surface area contributed by atoms with Gasteiger partial charge in [-0.25, -0.2) is 9.07 Å². The maximum atomic E-state index is 15.5. The molecule has 2 aliphatic heterocycles. The molecule has 1 aromatic heterocycles. The molecule has 2 N–H and O–H groups in total. The zero-order valence-electron chi connectivity index (χ0n) is 20.4. The summed E-state index contributed by atoms with van der Waals surface area (Å²) in [6.45, 7) is 1.16. The molecule has 3 aliphatic rings. The van der Waals surface area contributed by atoms with Gasteiger partial charge in [0.15, 0.2) is 11.5 Å². The third-order valence-electron chi connectivity index (χ3n) is 7.57. The second-order valence-corrected chi connectivity index (χ2v) is 9.92. The van der Waals surface area contributed by atoms with E-state index in [1.54, 1.807) is 43.5 Å². The highest BCUT2D eigenvalue weighted by Crippen LogP contribution is 2.54. The normalized spacial score (nSPS) is 18.2. The van der Waals surface area contributed by atoms with Crippen molar-refractivity contribution in [1.29, 1.82) is 0 Å². The zero-order valence-corrected chi connectivity index (χ0v) is 20.4. The quantitative estimate of drug-likeness (QED) is 0.573. The van der Waals surface area contributed by atoms with Crippen molar-refractivity contribution in [3.63, 3.8) is 0 Å². The van der Waals surface area contributed by atoms with Crippen molar-refractivity contribution >= 4 is 29.0 Å². The predicted molar refractivity (Wildman–Crippen MR) is 134 cm³/mol. The molecular weight excluding hydrogens is 477 g/mol. The number of ether oxygens (including phenoxy) is 1. The summed E-state index contributed by atoms with van der Waals surface area (Å²) in [6, 6.07) is 11.6. The first kappa shape index (κ1) is 23.2. The zero-order chi connectivity index (χ0) is 25.9. The molecule has 9 nitrogen and oxygen atoms in total. The average Bonchev–Trinajstić information content (AvgIpc) is 3.54. The highest BCUT2D eigenvalue weighted by Gasteiger charge is 2.56. The molecule has 2 fully saturated rings. The minimum atomic E-state index is -0.706. The molecule has 3 aromatic rings. The van der Waals surface area contributed by atoms with E-state index in [1.165, 1.54) is 15.6 Å². The maximum Gasteiger partial charge on any atom is 0.277 e. The lowest BCUT2D eigenvalue weighted by molar-refractivity contribution is -0.118. The van der Waals surface area contributed by atoms with Gasteiger partial charge in [-0.2, -0.15) is 5.10 Å². The summed E-state index contributed by atoms with van der Waals surface area (Å²) in [7, 11) is 1.55. The Kier molecular flexibility index (Phi) is 5.29. The Bertz CT molecular complexity index is 1440. The smallest absolute Gasteiger partial charge is 0.277 e. The van der Waals surface area contributed by atoms with E-state index in [1.807, 2.05) is 4.90 Å². The van der Waals surface area contributed by atoms with Gasteiger partial charge in [0.25, 0.3) is 11.8 Å². The summed E-state index contributed by atoms with van der Waals surface area (Å²) in [5.41, 5.74) is 7.32. The first-order chi connectivity index (χ1) is 17.8. The Labute approximate surface area is 212 Å². The largest absolute Gasteiger partial charge is 0.497 e. The molecule has 2 aromatic carbocycles. The highest BCUT2D eigenvalue weighted by atomic mass is 19.1. The number of hydrogen-bond acceptors (Lipinski definition) is 6. The number of anilines is 2. The van der Waals surface area contributed by atoms with Gasteiger partial charge >= 0.3 is 0 Å². The topological polar surface area (TPSA) is 111 Å². The number of halogens is 1. The van der Waals surface area contributed by atoms with E-state index < -0.39 is 23.0 Å². The van der Waals surface area contributed by atoms with E-state index in [4.69, 9.17) is 10.5 Å². The molecule has 1 spiro atoms. The van der Waals surface area contributed by atoms with Crippen molar-refractivity contribution < 1.29 is 23.5 Å². The van der Waals surface area contributed by atoms with Gasteiger partial charge in [0.2, 0.25) is 0 Å². The lowest BCUT2D eigenvalue weighted by Gasteiger charge is -2.34. The van der Waals surface area contributed by atoms with Crippen LogP contribution in [-0.2, 0) is 10.2 Å². The number of benzene rings is 2. The lowest BCUT2D eigenvalue weighted by atomic mass is 9.88. The molecule has 1 aliphatic carbocycles. The van der Waals surface area contributed by atoms with Gasteiger partial charge in [-0.1, -0.05) is 0 Å². The molecule has 1 saturated heterocycles. The highest BCUT2D eigenvalue weighted by molar-refractivity contribution is 6.10. The Morgan fingerprint density at radius 3 is 2.46 bits per heavy atom. The van der Waals surface area contributed by atoms with E-state index >= 15 is 4.39 Å². The number of ketones is 1. The van der Waals surface area contributed by atoms with E-state index in [9.17, 15) is 14.4 Å². The second kappa shape index (κ2) is 8.43. The van der Waals surface area contributed by atoms with Gasteiger partial charge in [0.1, 0.15) is 17.3 Å². The van der Waals surface area contributed by atoms with Crippen molar-refractivity contribution in [2.24, 2.45) is 5.73 Å². The number of carbonyl (C=O) groups is 3. The standard InChI is InChI=1S/C27H26FN5O4/c1-37-19-7-4-16(5-8-19)33-24-22(23(30-33)25(29)35)27(10-11-27)15-32(26(24)36)21-9-6-17(13-20(21)28)31-12-2-3-18(34)14-31/h4-9,13H,2-3,10-12,14-15H2,1H3,(H2,29,35). The molecule has 2 amide bonds. The van der Waals surface area contributed by atoms with Crippen LogP contribution in [0.3, 0.4) is 0 Å². The van der Waals surface area contributed by atoms with Crippen LogP contribution in [-0.4, -0.2) is 54.1 Å². The minimum absolute atomic E-state index is 0.0712. The molecular formula is C27H26FN5O4. The van der Waals surface area contributed by atoms with Gasteiger partial charge in [0.05, 0.1) is 25.0 Å². The fraction of sp³-hybridized carbons (Fsp3) is 0.333. The number of methoxy groups -OCH3 is 1. The molecule has 0 atom stereocenters. The molecule has 3 heterocycles. The number of rotatable bonds is 5.